The van der Waals surface area contributed by atoms with Crippen molar-refractivity contribution >= 4 is 33.2 Å². The van der Waals surface area contributed by atoms with Gasteiger partial charge in [0.05, 0.1) is 9.92 Å². The van der Waals surface area contributed by atoms with Crippen molar-refractivity contribution in [1.82, 2.24) is 9.80 Å². The molecule has 168 valence electrons. The number of hydrogen-bond acceptors (Lipinski definition) is 6. The number of amides is 1. The second-order valence-corrected chi connectivity index (χ2v) is 9.30. The third kappa shape index (κ3) is 7.48. The molecule has 0 saturated carbocycles. The number of benzene rings is 2. The Morgan fingerprint density at radius 1 is 1.00 bits per heavy atom. The van der Waals surface area contributed by atoms with Crippen LogP contribution in [0.2, 0.25) is 5.02 Å². The molecule has 2 aromatic carbocycles. The average molecular weight is 467 g/mol. The van der Waals surface area contributed by atoms with E-state index < -0.39 is 10.0 Å². The van der Waals surface area contributed by atoms with Crippen LogP contribution in [0.4, 0.5) is 5.69 Å². The van der Waals surface area contributed by atoms with Crippen molar-refractivity contribution in [3.63, 3.8) is 0 Å². The number of sulfonamides is 1. The number of nitrogens with one attached hydrogen (secondary N) is 1. The molecule has 0 aromatic heterocycles. The van der Waals surface area contributed by atoms with E-state index in [0.29, 0.717) is 36.0 Å². The lowest BCUT2D eigenvalue weighted by Crippen LogP contribution is -2.48. The van der Waals surface area contributed by atoms with Gasteiger partial charge in [-0.05, 0) is 36.4 Å². The van der Waals surface area contributed by atoms with Crippen LogP contribution >= 0.6 is 11.6 Å². The van der Waals surface area contributed by atoms with E-state index in [4.69, 9.17) is 21.5 Å². The van der Waals surface area contributed by atoms with Crippen molar-refractivity contribution < 1.29 is 17.9 Å². The van der Waals surface area contributed by atoms with Crippen molar-refractivity contribution in [1.29, 1.82) is 0 Å². The SMILES string of the molecule is NS(=O)(=O)c1ccc(NC(=O)CCN2CCN(CCOc3ccccc3Cl)CC2)cc1. The smallest absolute Gasteiger partial charge is 0.238 e. The fourth-order valence-corrected chi connectivity index (χ4v) is 4.00. The quantitative estimate of drug-likeness (QED) is 0.585. The maximum Gasteiger partial charge on any atom is 0.238 e. The van der Waals surface area contributed by atoms with Crippen LogP contribution in [0.25, 0.3) is 0 Å². The molecule has 0 bridgehead atoms. The molecule has 3 rings (SSSR count). The molecule has 1 fully saturated rings. The number of anilines is 1. The fraction of sp³-hybridized carbons (Fsp3) is 0.381. The molecule has 2 aromatic rings. The number of para-hydroxylation sites is 1. The summed E-state index contributed by atoms with van der Waals surface area (Å²) in [5.74, 6) is 0.590. The van der Waals surface area contributed by atoms with Gasteiger partial charge in [0.2, 0.25) is 15.9 Å². The molecule has 1 saturated heterocycles. The number of carbonyl (C=O) groups excluding carboxylic acids is 1. The van der Waals surface area contributed by atoms with E-state index >= 15 is 0 Å². The second kappa shape index (κ2) is 10.9. The number of nitrogens with zero attached hydrogens (tertiary/aromatic N) is 2. The van der Waals surface area contributed by atoms with Gasteiger partial charge < -0.3 is 15.0 Å². The highest BCUT2D eigenvalue weighted by atomic mass is 35.5. The number of nitrogens with two attached hydrogens (primary N) is 1. The zero-order chi connectivity index (χ0) is 22.3. The average Bonchev–Trinajstić information content (AvgIpc) is 2.74. The van der Waals surface area contributed by atoms with Gasteiger partial charge in [0, 0.05) is 51.4 Å². The molecule has 8 nitrogen and oxygen atoms in total. The Morgan fingerprint density at radius 2 is 1.61 bits per heavy atom. The van der Waals surface area contributed by atoms with Crippen LogP contribution in [-0.4, -0.2) is 70.0 Å². The van der Waals surface area contributed by atoms with Gasteiger partial charge in [0.15, 0.2) is 0 Å². The first-order valence-corrected chi connectivity index (χ1v) is 12.0. The number of hydrogen-bond donors (Lipinski definition) is 2. The van der Waals surface area contributed by atoms with Gasteiger partial charge in [-0.15, -0.1) is 0 Å². The molecule has 3 N–H and O–H groups in total. The predicted molar refractivity (Wildman–Crippen MR) is 121 cm³/mol. The van der Waals surface area contributed by atoms with Crippen LogP contribution in [0.15, 0.2) is 53.4 Å². The Hall–Kier alpha value is -2.17. The number of rotatable bonds is 9. The molecule has 1 aliphatic heterocycles. The van der Waals surface area contributed by atoms with Crippen LogP contribution in [0.3, 0.4) is 0 Å². The summed E-state index contributed by atoms with van der Waals surface area (Å²) in [7, 11) is -3.74. The molecule has 0 aliphatic carbocycles. The first-order chi connectivity index (χ1) is 14.8. The minimum absolute atomic E-state index is 0.0145. The van der Waals surface area contributed by atoms with E-state index in [1.807, 2.05) is 24.3 Å². The summed E-state index contributed by atoms with van der Waals surface area (Å²) in [6, 6.07) is 13.3. The lowest BCUT2D eigenvalue weighted by Gasteiger charge is -2.34. The molecule has 0 unspecified atom stereocenters. The van der Waals surface area contributed by atoms with Crippen molar-refractivity contribution in [2.45, 2.75) is 11.3 Å². The summed E-state index contributed by atoms with van der Waals surface area (Å²) in [6.45, 7) is 5.70. The van der Waals surface area contributed by atoms with E-state index in [1.165, 1.54) is 24.3 Å². The molecule has 0 spiro atoms. The normalized spacial score (nSPS) is 15.5. The van der Waals surface area contributed by atoms with Crippen LogP contribution in [0.1, 0.15) is 6.42 Å². The van der Waals surface area contributed by atoms with Crippen molar-refractivity contribution in [2.24, 2.45) is 5.14 Å². The van der Waals surface area contributed by atoms with Crippen molar-refractivity contribution in [2.75, 3.05) is 51.2 Å². The van der Waals surface area contributed by atoms with Crippen LogP contribution in [0, 0.1) is 0 Å². The van der Waals surface area contributed by atoms with Gasteiger partial charge in [-0.1, -0.05) is 23.7 Å². The summed E-state index contributed by atoms with van der Waals surface area (Å²) in [4.78, 5) is 16.8. The monoisotopic (exact) mass is 466 g/mol. The summed E-state index contributed by atoms with van der Waals surface area (Å²) >= 11 is 6.09. The fourth-order valence-electron chi connectivity index (χ4n) is 3.29. The van der Waals surface area contributed by atoms with E-state index in [2.05, 4.69) is 15.1 Å². The highest BCUT2D eigenvalue weighted by molar-refractivity contribution is 7.89. The molecule has 10 heteroatoms. The summed E-state index contributed by atoms with van der Waals surface area (Å²) < 4.78 is 28.3. The highest BCUT2D eigenvalue weighted by Crippen LogP contribution is 2.23. The number of carbonyl (C=O) groups is 1. The van der Waals surface area contributed by atoms with E-state index in [0.717, 1.165) is 32.7 Å². The molecule has 0 radical (unpaired) electrons. The Bertz CT molecular complexity index is 977. The topological polar surface area (TPSA) is 105 Å². The molecule has 1 aliphatic rings. The molecule has 1 heterocycles. The largest absolute Gasteiger partial charge is 0.491 e. The zero-order valence-electron chi connectivity index (χ0n) is 17.2. The predicted octanol–water partition coefficient (Wildman–Crippen LogP) is 2.01. The number of ether oxygens (including phenoxy) is 1. The maximum atomic E-state index is 12.2. The van der Waals surface area contributed by atoms with Gasteiger partial charge in [-0.25, -0.2) is 13.6 Å². The Balaban J connectivity index is 1.32. The lowest BCUT2D eigenvalue weighted by atomic mass is 10.2. The van der Waals surface area contributed by atoms with E-state index in [9.17, 15) is 13.2 Å². The summed E-state index contributed by atoms with van der Waals surface area (Å²) in [5.41, 5.74) is 0.542. The number of piperazine rings is 1. The number of primary sulfonamides is 1. The Morgan fingerprint density at radius 3 is 2.23 bits per heavy atom. The molecule has 31 heavy (non-hydrogen) atoms. The lowest BCUT2D eigenvalue weighted by molar-refractivity contribution is -0.116. The van der Waals surface area contributed by atoms with Crippen LogP contribution < -0.4 is 15.2 Å². The summed E-state index contributed by atoms with van der Waals surface area (Å²) in [6.07, 6.45) is 0.368. The second-order valence-electron chi connectivity index (χ2n) is 7.33. The standard InChI is InChI=1S/C21H27ClN4O4S/c22-19-3-1-2-4-20(19)30-16-15-26-13-11-25(12-14-26)10-9-21(27)24-17-5-7-18(8-6-17)31(23,28)29/h1-8H,9-16H2,(H,24,27)(H2,23,28,29). The molecular weight excluding hydrogens is 440 g/mol. The molecule has 1 amide bonds. The highest BCUT2D eigenvalue weighted by Gasteiger charge is 2.17. The minimum Gasteiger partial charge on any atom is -0.491 e. The Labute approximate surface area is 188 Å². The van der Waals surface area contributed by atoms with Gasteiger partial charge in [0.25, 0.3) is 0 Å². The van der Waals surface area contributed by atoms with Gasteiger partial charge in [-0.2, -0.15) is 0 Å². The van der Waals surface area contributed by atoms with Crippen molar-refractivity contribution in [3.05, 3.63) is 53.6 Å². The van der Waals surface area contributed by atoms with Crippen LogP contribution in [0.5, 0.6) is 5.75 Å². The van der Waals surface area contributed by atoms with Crippen LogP contribution in [-0.2, 0) is 14.8 Å². The zero-order valence-corrected chi connectivity index (χ0v) is 18.7. The van der Waals surface area contributed by atoms with Gasteiger partial charge >= 0.3 is 0 Å². The summed E-state index contributed by atoms with van der Waals surface area (Å²) in [5, 5.41) is 8.47. The maximum absolute atomic E-state index is 12.2. The molecular formula is C21H27ClN4O4S. The first-order valence-electron chi connectivity index (χ1n) is 10.1. The van der Waals surface area contributed by atoms with E-state index in [1.54, 1.807) is 0 Å². The minimum atomic E-state index is -3.74. The van der Waals surface area contributed by atoms with E-state index in [-0.39, 0.29) is 10.8 Å². The van der Waals surface area contributed by atoms with Gasteiger partial charge in [-0.3, -0.25) is 9.69 Å². The Kier molecular flexibility index (Phi) is 8.28. The third-order valence-electron chi connectivity index (χ3n) is 5.09. The third-order valence-corrected chi connectivity index (χ3v) is 6.33. The first kappa shape index (κ1) is 23.5. The number of halogens is 1. The van der Waals surface area contributed by atoms with Crippen molar-refractivity contribution in [3.8, 4) is 5.75 Å². The van der Waals surface area contributed by atoms with Gasteiger partial charge in [0.1, 0.15) is 12.4 Å². The molecule has 0 atom stereocenters.